The Balaban J connectivity index is 1.96. The maximum atomic E-state index is 5.32. The Morgan fingerprint density at radius 2 is 2.00 bits per heavy atom. The first-order chi connectivity index (χ1) is 7.68. The van der Waals surface area contributed by atoms with Gasteiger partial charge < -0.3 is 15.0 Å². The van der Waals surface area contributed by atoms with Crippen LogP contribution in [0.5, 0.6) is 0 Å². The molecule has 4 heteroatoms. The number of hydrogen-bond donors (Lipinski definition) is 1. The van der Waals surface area contributed by atoms with Gasteiger partial charge in [-0.3, -0.25) is 4.90 Å². The Kier molecular flexibility index (Phi) is 6.96. The molecule has 1 N–H and O–H groups in total. The monoisotopic (exact) mass is 229 g/mol. The molecule has 0 radical (unpaired) electrons. The van der Waals surface area contributed by atoms with Gasteiger partial charge in [-0.1, -0.05) is 0 Å². The van der Waals surface area contributed by atoms with Crippen molar-refractivity contribution >= 4 is 0 Å². The highest BCUT2D eigenvalue weighted by molar-refractivity contribution is 4.66. The largest absolute Gasteiger partial charge is 0.379 e. The van der Waals surface area contributed by atoms with E-state index in [1.807, 2.05) is 0 Å². The lowest BCUT2D eigenvalue weighted by Crippen LogP contribution is -2.42. The van der Waals surface area contributed by atoms with E-state index in [9.17, 15) is 0 Å². The van der Waals surface area contributed by atoms with Crippen molar-refractivity contribution in [2.75, 3.05) is 60.0 Å². The minimum Gasteiger partial charge on any atom is -0.379 e. The summed E-state index contributed by atoms with van der Waals surface area (Å²) in [6.45, 7) is 9.65. The lowest BCUT2D eigenvalue weighted by atomic mass is 10.2. The van der Waals surface area contributed by atoms with Gasteiger partial charge in [0, 0.05) is 32.2 Å². The van der Waals surface area contributed by atoms with Crippen molar-refractivity contribution < 1.29 is 4.74 Å². The molecule has 0 aromatic rings. The van der Waals surface area contributed by atoms with Gasteiger partial charge in [0.2, 0.25) is 0 Å². The number of nitrogens with zero attached hydrogens (tertiary/aromatic N) is 2. The van der Waals surface area contributed by atoms with Gasteiger partial charge in [-0.05, 0) is 34.0 Å². The predicted octanol–water partition coefficient (Wildman–Crippen LogP) is 0.248. The minimum atomic E-state index is 0.614. The topological polar surface area (TPSA) is 27.7 Å². The summed E-state index contributed by atoms with van der Waals surface area (Å²) in [5.41, 5.74) is 0. The van der Waals surface area contributed by atoms with Gasteiger partial charge in [0.05, 0.1) is 13.2 Å². The number of nitrogens with one attached hydrogen (secondary N) is 1. The summed E-state index contributed by atoms with van der Waals surface area (Å²) in [7, 11) is 4.25. The van der Waals surface area contributed by atoms with Gasteiger partial charge >= 0.3 is 0 Å². The molecule has 1 unspecified atom stereocenters. The minimum absolute atomic E-state index is 0.614. The normalized spacial score (nSPS) is 20.2. The van der Waals surface area contributed by atoms with Crippen molar-refractivity contribution in [1.82, 2.24) is 15.1 Å². The van der Waals surface area contributed by atoms with Crippen LogP contribution in [0, 0.1) is 0 Å². The van der Waals surface area contributed by atoms with Gasteiger partial charge in [0.15, 0.2) is 0 Å². The van der Waals surface area contributed by atoms with Crippen LogP contribution in [0.15, 0.2) is 0 Å². The molecule has 0 aliphatic carbocycles. The predicted molar refractivity (Wildman–Crippen MR) is 67.9 cm³/mol. The van der Waals surface area contributed by atoms with Crippen LogP contribution < -0.4 is 5.32 Å². The Labute approximate surface area is 99.9 Å². The van der Waals surface area contributed by atoms with Crippen molar-refractivity contribution in [2.24, 2.45) is 0 Å². The Bertz CT molecular complexity index is 170. The molecule has 16 heavy (non-hydrogen) atoms. The summed E-state index contributed by atoms with van der Waals surface area (Å²) in [6, 6.07) is 0.614. The second-order valence-electron chi connectivity index (χ2n) is 4.90. The molecular weight excluding hydrogens is 202 g/mol. The van der Waals surface area contributed by atoms with Crippen molar-refractivity contribution in [2.45, 2.75) is 19.4 Å². The standard InChI is InChI=1S/C12H27N3O/c1-12(4-6-14(2)3)13-5-7-15-8-10-16-11-9-15/h12-13H,4-11H2,1-3H3. The fraction of sp³-hybridized carbons (Fsp3) is 1.00. The summed E-state index contributed by atoms with van der Waals surface area (Å²) in [4.78, 5) is 4.70. The molecule has 0 saturated carbocycles. The third-order valence-electron chi connectivity index (χ3n) is 3.03. The lowest BCUT2D eigenvalue weighted by molar-refractivity contribution is 0.0381. The molecule has 0 aromatic heterocycles. The zero-order chi connectivity index (χ0) is 11.8. The Morgan fingerprint density at radius 1 is 1.31 bits per heavy atom. The SMILES string of the molecule is CC(CCN(C)C)NCCN1CCOCC1. The molecule has 1 atom stereocenters. The zero-order valence-corrected chi connectivity index (χ0v) is 11.0. The molecule has 1 aliphatic rings. The fourth-order valence-corrected chi connectivity index (χ4v) is 1.85. The van der Waals surface area contributed by atoms with E-state index in [1.165, 1.54) is 6.42 Å². The smallest absolute Gasteiger partial charge is 0.0594 e. The summed E-state index contributed by atoms with van der Waals surface area (Å²) in [6.07, 6.45) is 1.22. The second kappa shape index (κ2) is 8.01. The second-order valence-corrected chi connectivity index (χ2v) is 4.90. The average molecular weight is 229 g/mol. The maximum Gasteiger partial charge on any atom is 0.0594 e. The first kappa shape index (κ1) is 13.9. The van der Waals surface area contributed by atoms with E-state index in [4.69, 9.17) is 4.74 Å². The highest BCUT2D eigenvalue weighted by Gasteiger charge is 2.09. The van der Waals surface area contributed by atoms with E-state index in [2.05, 4.69) is 36.1 Å². The Morgan fingerprint density at radius 3 is 2.62 bits per heavy atom. The van der Waals surface area contributed by atoms with Gasteiger partial charge in [0.25, 0.3) is 0 Å². The molecule has 0 aromatic carbocycles. The highest BCUT2D eigenvalue weighted by atomic mass is 16.5. The molecule has 4 nitrogen and oxygen atoms in total. The quantitative estimate of drug-likeness (QED) is 0.677. The van der Waals surface area contributed by atoms with Crippen molar-refractivity contribution in [1.29, 1.82) is 0 Å². The number of morpholine rings is 1. The maximum absolute atomic E-state index is 5.32. The van der Waals surface area contributed by atoms with Crippen molar-refractivity contribution in [3.8, 4) is 0 Å². The van der Waals surface area contributed by atoms with Crippen LogP contribution in [0.4, 0.5) is 0 Å². The van der Waals surface area contributed by atoms with Gasteiger partial charge in [0.1, 0.15) is 0 Å². The van der Waals surface area contributed by atoms with Gasteiger partial charge in [-0.15, -0.1) is 0 Å². The third kappa shape index (κ3) is 6.43. The molecule has 1 rings (SSSR count). The van der Waals surface area contributed by atoms with Crippen LogP contribution in [0.2, 0.25) is 0 Å². The number of ether oxygens (including phenoxy) is 1. The van der Waals surface area contributed by atoms with Gasteiger partial charge in [-0.25, -0.2) is 0 Å². The van der Waals surface area contributed by atoms with E-state index >= 15 is 0 Å². The van der Waals surface area contributed by atoms with Crippen LogP contribution in [-0.2, 0) is 4.74 Å². The van der Waals surface area contributed by atoms with Crippen LogP contribution in [0.1, 0.15) is 13.3 Å². The summed E-state index contributed by atoms with van der Waals surface area (Å²) >= 11 is 0. The lowest BCUT2D eigenvalue weighted by Gasteiger charge is -2.27. The molecule has 0 amide bonds. The first-order valence-electron chi connectivity index (χ1n) is 6.36. The molecule has 96 valence electrons. The average Bonchev–Trinajstić information content (AvgIpc) is 2.28. The summed E-state index contributed by atoms with van der Waals surface area (Å²) < 4.78 is 5.32. The van der Waals surface area contributed by atoms with E-state index < -0.39 is 0 Å². The molecule has 1 aliphatic heterocycles. The Hall–Kier alpha value is -0.160. The van der Waals surface area contributed by atoms with Crippen LogP contribution >= 0.6 is 0 Å². The summed E-state index contributed by atoms with van der Waals surface area (Å²) in [5, 5.41) is 3.58. The van der Waals surface area contributed by atoms with Crippen LogP contribution in [-0.4, -0.2) is 75.9 Å². The number of rotatable bonds is 7. The summed E-state index contributed by atoms with van der Waals surface area (Å²) in [5.74, 6) is 0. The van der Waals surface area contributed by atoms with Gasteiger partial charge in [-0.2, -0.15) is 0 Å². The molecular formula is C12H27N3O. The van der Waals surface area contributed by atoms with E-state index in [1.54, 1.807) is 0 Å². The molecule has 1 fully saturated rings. The van der Waals surface area contributed by atoms with E-state index in [-0.39, 0.29) is 0 Å². The van der Waals surface area contributed by atoms with Crippen LogP contribution in [0.25, 0.3) is 0 Å². The molecule has 1 heterocycles. The molecule has 1 saturated heterocycles. The number of hydrogen-bond acceptors (Lipinski definition) is 4. The zero-order valence-electron chi connectivity index (χ0n) is 11.0. The molecule has 0 spiro atoms. The van der Waals surface area contributed by atoms with E-state index in [0.29, 0.717) is 6.04 Å². The van der Waals surface area contributed by atoms with E-state index in [0.717, 1.165) is 45.9 Å². The van der Waals surface area contributed by atoms with Crippen molar-refractivity contribution in [3.05, 3.63) is 0 Å². The third-order valence-corrected chi connectivity index (χ3v) is 3.03. The van der Waals surface area contributed by atoms with Crippen LogP contribution in [0.3, 0.4) is 0 Å². The molecule has 0 bridgehead atoms. The fourth-order valence-electron chi connectivity index (χ4n) is 1.85. The van der Waals surface area contributed by atoms with Crippen molar-refractivity contribution in [3.63, 3.8) is 0 Å². The first-order valence-corrected chi connectivity index (χ1v) is 6.36. The highest BCUT2D eigenvalue weighted by Crippen LogP contribution is 1.96.